The van der Waals surface area contributed by atoms with Crippen molar-refractivity contribution in [3.63, 3.8) is 0 Å². The third-order valence-corrected chi connectivity index (χ3v) is 1.92. The van der Waals surface area contributed by atoms with Gasteiger partial charge in [-0.05, 0) is 6.42 Å². The van der Waals surface area contributed by atoms with E-state index in [4.69, 9.17) is 0 Å². The predicted molar refractivity (Wildman–Crippen MR) is 39.8 cm³/mol. The smallest absolute Gasteiger partial charge is 0.343 e. The fraction of sp³-hybridized carbons (Fsp3) is 0.875. The molecule has 0 bridgehead atoms. The molecule has 0 rings (SSSR count). The van der Waals surface area contributed by atoms with Gasteiger partial charge < -0.3 is 6.92 Å². The van der Waals surface area contributed by atoms with E-state index in [-0.39, 0.29) is 44.0 Å². The van der Waals surface area contributed by atoms with E-state index in [1.54, 1.807) is 0 Å². The first-order valence-corrected chi connectivity index (χ1v) is 4.18. The molecule has 0 N–H and O–H groups in total. The summed E-state index contributed by atoms with van der Waals surface area (Å²) >= 11 is 0. The predicted octanol–water partition coefficient (Wildman–Crippen LogP) is 4.21. The number of alkyl halides is 7. The Morgan fingerprint density at radius 3 is 1.38 bits per heavy atom. The molecule has 0 heterocycles. The molecule has 0 saturated carbocycles. The van der Waals surface area contributed by atoms with Crippen LogP contribution in [0, 0.1) is 38.0 Å². The molecule has 0 unspecified atom stereocenters. The van der Waals surface area contributed by atoms with Crippen LogP contribution in [0.15, 0.2) is 0 Å². The van der Waals surface area contributed by atoms with Gasteiger partial charge >= 0.3 is 12.4 Å². The van der Waals surface area contributed by atoms with Crippen molar-refractivity contribution in [1.82, 2.24) is 0 Å². The molecule has 0 nitrogen and oxygen atoms in total. The third-order valence-electron chi connectivity index (χ3n) is 1.92. The number of rotatable bonds is 4. The summed E-state index contributed by atoms with van der Waals surface area (Å²) in [5.74, 6) is 0. The molecule has 0 saturated heterocycles. The molecule has 0 aromatic heterocycles. The van der Waals surface area contributed by atoms with Crippen LogP contribution >= 0.6 is 0 Å². The van der Waals surface area contributed by atoms with E-state index >= 15 is 0 Å². The Kier molecular flexibility index (Phi) is 7.66. The van der Waals surface area contributed by atoms with Crippen molar-refractivity contribution in [1.29, 1.82) is 0 Å². The van der Waals surface area contributed by atoms with E-state index in [0.717, 1.165) is 0 Å². The second-order valence-corrected chi connectivity index (χ2v) is 3.11. The molecule has 0 spiro atoms. The van der Waals surface area contributed by atoms with Gasteiger partial charge in [0.1, 0.15) is 0 Å². The average Bonchev–Trinajstić information content (AvgIpc) is 2.00. The minimum absolute atomic E-state index is 0. The molecular weight excluding hydrogens is 467 g/mol. The zero-order valence-corrected chi connectivity index (χ0v) is 12.3. The molecule has 0 aromatic carbocycles. The van der Waals surface area contributed by atoms with Crippen molar-refractivity contribution >= 4 is 0 Å². The van der Waals surface area contributed by atoms with Crippen LogP contribution in [0.2, 0.25) is 0 Å². The molecule has 0 atom stereocenters. The summed E-state index contributed by atoms with van der Waals surface area (Å²) in [7, 11) is 0. The summed E-state index contributed by atoms with van der Waals surface area (Å²) in [5.41, 5.74) is -5.10. The topological polar surface area (TPSA) is 0 Å². The summed E-state index contributed by atoms with van der Waals surface area (Å²) in [6, 6.07) is 0. The Hall–Kier alpha value is 0.562. The van der Waals surface area contributed by atoms with Gasteiger partial charge in [-0.25, -0.2) is 4.39 Å². The van der Waals surface area contributed by atoms with Crippen LogP contribution in [0.3, 0.4) is 0 Å². The second-order valence-electron chi connectivity index (χ2n) is 3.11. The van der Waals surface area contributed by atoms with Crippen LogP contribution in [0.4, 0.5) is 30.7 Å². The number of hydrogen-bond acceptors (Lipinski definition) is 0. The molecule has 0 fully saturated rings. The quantitative estimate of drug-likeness (QED) is 0.324. The molecule has 0 amide bonds. The first-order chi connectivity index (χ1) is 6.56. The summed E-state index contributed by atoms with van der Waals surface area (Å²) in [4.78, 5) is 0. The molecular formula is C8H10F7U-. The maximum atomic E-state index is 12.9. The van der Waals surface area contributed by atoms with Gasteiger partial charge in [0.2, 0.25) is 0 Å². The maximum absolute atomic E-state index is 12.9. The first-order valence-electron chi connectivity index (χ1n) is 4.18. The molecule has 8 heteroatoms. The second kappa shape index (κ2) is 6.48. The van der Waals surface area contributed by atoms with Crippen molar-refractivity contribution in [2.75, 3.05) is 0 Å². The van der Waals surface area contributed by atoms with Gasteiger partial charge in [-0.1, -0.05) is 12.8 Å². The zero-order valence-electron chi connectivity index (χ0n) is 8.18. The third kappa shape index (κ3) is 4.44. The maximum Gasteiger partial charge on any atom is 0.431 e. The van der Waals surface area contributed by atoms with Gasteiger partial charge in [-0.15, -0.1) is 0 Å². The van der Waals surface area contributed by atoms with Gasteiger partial charge in [-0.3, -0.25) is 0 Å². The molecule has 0 radical (unpaired) electrons. The van der Waals surface area contributed by atoms with Gasteiger partial charge in [0.15, 0.2) is 0 Å². The Labute approximate surface area is 112 Å². The molecule has 0 aliphatic carbocycles. The Balaban J connectivity index is 0. The summed E-state index contributed by atoms with van der Waals surface area (Å²) in [5, 5.41) is 0. The normalized spacial score (nSPS) is 13.5. The molecule has 0 aliphatic heterocycles. The summed E-state index contributed by atoms with van der Waals surface area (Å²) in [6.45, 7) is 3.24. The zero-order chi connectivity index (χ0) is 12.3. The monoisotopic (exact) mass is 477 g/mol. The van der Waals surface area contributed by atoms with Crippen molar-refractivity contribution < 1.29 is 61.8 Å². The first kappa shape index (κ1) is 18.9. The largest absolute Gasteiger partial charge is 0.431 e. The van der Waals surface area contributed by atoms with E-state index in [2.05, 4.69) is 6.92 Å². The Bertz CT molecular complexity index is 182. The van der Waals surface area contributed by atoms with E-state index in [0.29, 0.717) is 0 Å². The van der Waals surface area contributed by atoms with Crippen LogP contribution < -0.4 is 0 Å². The fourth-order valence-corrected chi connectivity index (χ4v) is 0.990. The summed E-state index contributed by atoms with van der Waals surface area (Å²) < 4.78 is 84.4. The Morgan fingerprint density at radius 2 is 1.12 bits per heavy atom. The SMILES string of the molecule is [CH2-]CCCCC(F)(C(F)(F)F)C(F)(F)F.[U]. The Morgan fingerprint density at radius 1 is 0.750 bits per heavy atom. The molecule has 0 aliphatic rings. The minimum Gasteiger partial charge on any atom is -0.343 e. The van der Waals surface area contributed by atoms with Crippen LogP contribution in [0.5, 0.6) is 0 Å². The van der Waals surface area contributed by atoms with Gasteiger partial charge in [0.25, 0.3) is 5.67 Å². The van der Waals surface area contributed by atoms with Crippen LogP contribution in [-0.2, 0) is 0 Å². The van der Waals surface area contributed by atoms with Crippen molar-refractivity contribution in [2.24, 2.45) is 0 Å². The standard InChI is InChI=1S/C8H10F7.U/c1-2-3-4-5-6(9,7(10,11)12)8(13,14)15;/h1-5H2;/q-1;. The molecule has 96 valence electrons. The van der Waals surface area contributed by atoms with E-state index in [1.807, 2.05) is 0 Å². The van der Waals surface area contributed by atoms with Crippen molar-refractivity contribution in [3.05, 3.63) is 6.92 Å². The number of halogens is 7. The fourth-order valence-electron chi connectivity index (χ4n) is 0.990. The van der Waals surface area contributed by atoms with Crippen molar-refractivity contribution in [3.8, 4) is 0 Å². The van der Waals surface area contributed by atoms with Gasteiger partial charge in [0, 0.05) is 31.1 Å². The van der Waals surface area contributed by atoms with Crippen LogP contribution in [0.1, 0.15) is 25.7 Å². The van der Waals surface area contributed by atoms with Crippen LogP contribution in [0.25, 0.3) is 0 Å². The van der Waals surface area contributed by atoms with E-state index in [1.165, 1.54) is 0 Å². The molecule has 16 heavy (non-hydrogen) atoms. The number of unbranched alkanes of at least 4 members (excludes halogenated alkanes) is 2. The van der Waals surface area contributed by atoms with E-state index < -0.39 is 30.9 Å². The van der Waals surface area contributed by atoms with E-state index in [9.17, 15) is 30.7 Å². The average molecular weight is 477 g/mol. The molecule has 0 aromatic rings. The summed E-state index contributed by atoms with van der Waals surface area (Å²) in [6.07, 6.45) is -13.8. The number of hydrogen-bond donors (Lipinski definition) is 0. The minimum atomic E-state index is -5.92. The van der Waals surface area contributed by atoms with Gasteiger partial charge in [0.05, 0.1) is 0 Å². The van der Waals surface area contributed by atoms with Crippen LogP contribution in [-0.4, -0.2) is 18.0 Å². The van der Waals surface area contributed by atoms with Gasteiger partial charge in [-0.2, -0.15) is 32.8 Å². The van der Waals surface area contributed by atoms with Crippen molar-refractivity contribution in [2.45, 2.75) is 43.7 Å².